The monoisotopic (exact) mass is 693 g/mol. The Bertz CT molecular complexity index is 3160. The minimum atomic E-state index is 0.588. The molecule has 11 aromatic rings. The van der Waals surface area contributed by atoms with Crippen LogP contribution in [0.3, 0.4) is 0 Å². The van der Waals surface area contributed by atoms with Gasteiger partial charge >= 0.3 is 0 Å². The van der Waals surface area contributed by atoms with Crippen LogP contribution in [0.1, 0.15) is 0 Å². The fourth-order valence-electron chi connectivity index (χ4n) is 7.94. The first-order chi connectivity index (χ1) is 26.8. The van der Waals surface area contributed by atoms with E-state index in [1.54, 1.807) is 0 Å². The van der Waals surface area contributed by atoms with E-state index in [2.05, 4.69) is 155 Å². The number of rotatable bonds is 6. The Hall–Kier alpha value is -7.37. The van der Waals surface area contributed by atoms with E-state index in [0.717, 1.165) is 78.0 Å². The van der Waals surface area contributed by atoms with Crippen LogP contribution in [0.4, 0.5) is 17.1 Å². The topological polar surface area (TPSA) is 47.3 Å². The molecule has 3 aromatic heterocycles. The molecule has 0 amide bonds. The summed E-state index contributed by atoms with van der Waals surface area (Å²) in [5.41, 5.74) is 12.8. The third-order valence-corrected chi connectivity index (χ3v) is 10.4. The van der Waals surface area contributed by atoms with E-state index in [4.69, 9.17) is 13.8 Å². The molecule has 0 aliphatic rings. The van der Waals surface area contributed by atoms with Crippen LogP contribution >= 0.6 is 0 Å². The second-order valence-corrected chi connectivity index (χ2v) is 13.6. The Balaban J connectivity index is 1.16. The van der Waals surface area contributed by atoms with E-state index < -0.39 is 0 Å². The summed E-state index contributed by atoms with van der Waals surface area (Å²) in [6, 6.07) is 65.8. The van der Waals surface area contributed by atoms with Gasteiger partial charge < -0.3 is 18.3 Å². The normalized spacial score (nSPS) is 11.7. The van der Waals surface area contributed by atoms with Gasteiger partial charge in [-0.15, -0.1) is 0 Å². The molecular formula is C49H31N3O2. The van der Waals surface area contributed by atoms with Gasteiger partial charge in [-0.25, -0.2) is 4.98 Å². The molecule has 5 nitrogen and oxygen atoms in total. The molecule has 0 saturated heterocycles. The lowest BCUT2D eigenvalue weighted by Crippen LogP contribution is -2.10. The van der Waals surface area contributed by atoms with Crippen LogP contribution in [0.5, 0.6) is 0 Å². The summed E-state index contributed by atoms with van der Waals surface area (Å²) in [6.45, 7) is 0. The van der Waals surface area contributed by atoms with Crippen molar-refractivity contribution in [1.82, 2.24) is 9.55 Å². The smallest absolute Gasteiger partial charge is 0.227 e. The number of aromatic nitrogens is 2. The molecule has 0 aliphatic carbocycles. The molecule has 0 fully saturated rings. The van der Waals surface area contributed by atoms with Gasteiger partial charge in [-0.05, 0) is 96.1 Å². The summed E-state index contributed by atoms with van der Waals surface area (Å²) >= 11 is 0. The molecule has 3 heterocycles. The highest BCUT2D eigenvalue weighted by Gasteiger charge is 2.21. The zero-order valence-electron chi connectivity index (χ0n) is 29.1. The van der Waals surface area contributed by atoms with Crippen LogP contribution in [0.15, 0.2) is 197 Å². The second kappa shape index (κ2) is 12.1. The van der Waals surface area contributed by atoms with Crippen LogP contribution < -0.4 is 4.90 Å². The van der Waals surface area contributed by atoms with E-state index in [1.807, 2.05) is 42.5 Å². The SMILES string of the molecule is c1ccc(-c2cccc(N(c3ccc4oc5ccc6oc(-c7ccccc7)nc6c5c4c3)c3ccc4c5ccccc5n(-c5ccccc5)c4c3)c2)cc1. The van der Waals surface area contributed by atoms with Crippen molar-refractivity contribution in [2.45, 2.75) is 0 Å². The van der Waals surface area contributed by atoms with Crippen molar-refractivity contribution in [3.8, 4) is 28.3 Å². The van der Waals surface area contributed by atoms with Gasteiger partial charge in [0.15, 0.2) is 5.58 Å². The van der Waals surface area contributed by atoms with Crippen molar-refractivity contribution in [1.29, 1.82) is 0 Å². The first-order valence-electron chi connectivity index (χ1n) is 18.1. The van der Waals surface area contributed by atoms with Crippen LogP contribution in [0, 0.1) is 0 Å². The van der Waals surface area contributed by atoms with E-state index in [0.29, 0.717) is 5.89 Å². The lowest BCUT2D eigenvalue weighted by atomic mass is 10.0. The maximum absolute atomic E-state index is 6.45. The van der Waals surface area contributed by atoms with Crippen molar-refractivity contribution >= 4 is 71.9 Å². The number of hydrogen-bond acceptors (Lipinski definition) is 4. The summed E-state index contributed by atoms with van der Waals surface area (Å²) in [5, 5.41) is 4.34. The number of anilines is 3. The molecule has 54 heavy (non-hydrogen) atoms. The van der Waals surface area contributed by atoms with Gasteiger partial charge in [0, 0.05) is 44.5 Å². The van der Waals surface area contributed by atoms with E-state index in [-0.39, 0.29) is 0 Å². The van der Waals surface area contributed by atoms with Crippen LogP contribution in [0.25, 0.3) is 83.1 Å². The zero-order valence-corrected chi connectivity index (χ0v) is 29.1. The van der Waals surface area contributed by atoms with Crippen LogP contribution in [-0.4, -0.2) is 9.55 Å². The van der Waals surface area contributed by atoms with E-state index >= 15 is 0 Å². The van der Waals surface area contributed by atoms with Gasteiger partial charge in [-0.2, -0.15) is 0 Å². The summed E-state index contributed by atoms with van der Waals surface area (Å²) in [4.78, 5) is 7.36. The van der Waals surface area contributed by atoms with Crippen LogP contribution in [0.2, 0.25) is 0 Å². The predicted octanol–water partition coefficient (Wildman–Crippen LogP) is 13.6. The van der Waals surface area contributed by atoms with Gasteiger partial charge in [-0.1, -0.05) is 103 Å². The molecule has 0 spiro atoms. The van der Waals surface area contributed by atoms with Gasteiger partial charge in [0.2, 0.25) is 5.89 Å². The molecule has 0 N–H and O–H groups in total. The number of fused-ring (bicyclic) bond motifs is 8. The highest BCUT2D eigenvalue weighted by atomic mass is 16.4. The van der Waals surface area contributed by atoms with Crippen molar-refractivity contribution in [2.75, 3.05) is 4.90 Å². The molecule has 0 radical (unpaired) electrons. The third kappa shape index (κ3) is 4.83. The maximum atomic E-state index is 6.45. The average molecular weight is 694 g/mol. The molecule has 0 aliphatic heterocycles. The van der Waals surface area contributed by atoms with Crippen molar-refractivity contribution in [2.24, 2.45) is 0 Å². The zero-order chi connectivity index (χ0) is 35.6. The lowest BCUT2D eigenvalue weighted by Gasteiger charge is -2.26. The Labute approximate surface area is 310 Å². The highest BCUT2D eigenvalue weighted by Crippen LogP contribution is 2.43. The largest absolute Gasteiger partial charge is 0.456 e. The molecule has 8 aromatic carbocycles. The van der Waals surface area contributed by atoms with Crippen molar-refractivity contribution in [3.63, 3.8) is 0 Å². The molecule has 0 saturated carbocycles. The van der Waals surface area contributed by atoms with Gasteiger partial charge in [-0.3, -0.25) is 0 Å². The summed E-state index contributed by atoms with van der Waals surface area (Å²) < 4.78 is 15.1. The second-order valence-electron chi connectivity index (χ2n) is 13.6. The average Bonchev–Trinajstić information content (AvgIpc) is 3.94. The molecule has 0 unspecified atom stereocenters. The van der Waals surface area contributed by atoms with E-state index in [1.165, 1.54) is 16.3 Å². The molecule has 0 bridgehead atoms. The standard InChI is InChI=1S/C49H31N3O2/c1-4-13-32(14-5-1)34-17-12-20-36(29-34)51(38-23-25-40-39-21-10-11-22-42(39)52(43(40)31-38)35-18-8-3-9-19-35)37-24-26-44-41(30-37)47-45(53-44)27-28-46-48(47)50-49(54-46)33-15-6-2-7-16-33/h1-31H. The molecular weight excluding hydrogens is 663 g/mol. The third-order valence-electron chi connectivity index (χ3n) is 10.4. The summed E-state index contributed by atoms with van der Waals surface area (Å²) in [6.07, 6.45) is 0. The van der Waals surface area contributed by atoms with Crippen molar-refractivity contribution < 1.29 is 8.83 Å². The first-order valence-corrected chi connectivity index (χ1v) is 18.1. The summed E-state index contributed by atoms with van der Waals surface area (Å²) in [5.74, 6) is 0.588. The van der Waals surface area contributed by atoms with Crippen molar-refractivity contribution in [3.05, 3.63) is 188 Å². The Morgan fingerprint density at radius 1 is 0.407 bits per heavy atom. The first kappa shape index (κ1) is 30.3. The number of para-hydroxylation sites is 2. The van der Waals surface area contributed by atoms with Crippen LogP contribution in [-0.2, 0) is 0 Å². The Kier molecular flexibility index (Phi) is 6.79. The number of furan rings is 1. The van der Waals surface area contributed by atoms with Gasteiger partial charge in [0.25, 0.3) is 0 Å². The maximum Gasteiger partial charge on any atom is 0.227 e. The number of hydrogen-bond donors (Lipinski definition) is 0. The van der Waals surface area contributed by atoms with Gasteiger partial charge in [0.1, 0.15) is 16.7 Å². The fraction of sp³-hybridized carbons (Fsp3) is 0. The minimum Gasteiger partial charge on any atom is -0.456 e. The number of nitrogens with zero attached hydrogens (tertiary/aromatic N) is 3. The summed E-state index contributed by atoms with van der Waals surface area (Å²) in [7, 11) is 0. The molecule has 11 rings (SSSR count). The Morgan fingerprint density at radius 2 is 1.04 bits per heavy atom. The number of benzene rings is 8. The predicted molar refractivity (Wildman–Crippen MR) is 221 cm³/mol. The number of oxazole rings is 1. The minimum absolute atomic E-state index is 0.588. The molecule has 5 heteroatoms. The highest BCUT2D eigenvalue weighted by molar-refractivity contribution is 6.18. The molecule has 254 valence electrons. The van der Waals surface area contributed by atoms with E-state index in [9.17, 15) is 0 Å². The molecule has 0 atom stereocenters. The quantitative estimate of drug-likeness (QED) is 0.174. The lowest BCUT2D eigenvalue weighted by molar-refractivity contribution is 0.619. The van der Waals surface area contributed by atoms with Gasteiger partial charge in [0.05, 0.1) is 16.4 Å². The fourth-order valence-corrected chi connectivity index (χ4v) is 7.94. The Morgan fingerprint density at radius 3 is 1.87 bits per heavy atom.